The Morgan fingerprint density at radius 1 is 1.08 bits per heavy atom. The molecule has 1 amide bonds. The van der Waals surface area contributed by atoms with Crippen molar-refractivity contribution in [1.29, 1.82) is 0 Å². The van der Waals surface area contributed by atoms with E-state index in [4.69, 9.17) is 14.0 Å². The van der Waals surface area contributed by atoms with Crippen LogP contribution >= 0.6 is 0 Å². The summed E-state index contributed by atoms with van der Waals surface area (Å²) in [7, 11) is 1.66. The van der Waals surface area contributed by atoms with E-state index in [-0.39, 0.29) is 5.91 Å². The van der Waals surface area contributed by atoms with E-state index in [0.29, 0.717) is 23.7 Å². The second-order valence-corrected chi connectivity index (χ2v) is 9.32. The van der Waals surface area contributed by atoms with E-state index in [2.05, 4.69) is 24.9 Å². The molecule has 2 aromatic heterocycles. The standard InChI is InChI=1S/C28H33N5O4/c1-19-25(27(34)30-23(28-29-20(2)31-37-28)18-21-8-5-4-6-9-21)22-10-7-11-24(35-3)26(22)33(19)13-12-32-14-16-36-17-15-32/h4-11,23H,12-18H2,1-3H3,(H,30,34)/t23-/m0/s1. The Bertz CT molecular complexity index is 1360. The van der Waals surface area contributed by atoms with Gasteiger partial charge < -0.3 is 23.9 Å². The smallest absolute Gasteiger partial charge is 0.254 e. The highest BCUT2D eigenvalue weighted by molar-refractivity contribution is 6.09. The molecular weight excluding hydrogens is 470 g/mol. The number of fused-ring (bicyclic) bond motifs is 1. The summed E-state index contributed by atoms with van der Waals surface area (Å²) in [5.74, 6) is 1.48. The van der Waals surface area contributed by atoms with Gasteiger partial charge in [-0.3, -0.25) is 9.69 Å². The first-order valence-electron chi connectivity index (χ1n) is 12.7. The Hall–Kier alpha value is -3.69. The largest absolute Gasteiger partial charge is 0.495 e. The molecule has 1 aliphatic heterocycles. The molecule has 37 heavy (non-hydrogen) atoms. The minimum absolute atomic E-state index is 0.183. The molecule has 9 nitrogen and oxygen atoms in total. The van der Waals surface area contributed by atoms with E-state index in [1.165, 1.54) is 0 Å². The summed E-state index contributed by atoms with van der Waals surface area (Å²) in [5.41, 5.74) is 3.51. The Morgan fingerprint density at radius 2 is 1.86 bits per heavy atom. The van der Waals surface area contributed by atoms with E-state index in [9.17, 15) is 4.79 Å². The molecule has 0 radical (unpaired) electrons. The van der Waals surface area contributed by atoms with Gasteiger partial charge in [0.2, 0.25) is 5.89 Å². The minimum atomic E-state index is -0.465. The van der Waals surface area contributed by atoms with E-state index in [1.807, 2.05) is 55.5 Å². The Labute approximate surface area is 216 Å². The fourth-order valence-electron chi connectivity index (χ4n) is 5.03. The monoisotopic (exact) mass is 503 g/mol. The van der Waals surface area contributed by atoms with Crippen molar-refractivity contribution in [2.75, 3.05) is 40.0 Å². The molecule has 9 heteroatoms. The van der Waals surface area contributed by atoms with Crippen molar-refractivity contribution in [3.8, 4) is 5.75 Å². The molecule has 1 fully saturated rings. The molecule has 0 unspecified atom stereocenters. The lowest BCUT2D eigenvalue weighted by Crippen LogP contribution is -2.38. The third-order valence-corrected chi connectivity index (χ3v) is 6.92. The first kappa shape index (κ1) is 25.0. The number of aromatic nitrogens is 3. The lowest BCUT2D eigenvalue weighted by Gasteiger charge is -2.27. The van der Waals surface area contributed by atoms with Gasteiger partial charge in [-0.1, -0.05) is 47.6 Å². The highest BCUT2D eigenvalue weighted by atomic mass is 16.5. The number of para-hydroxylation sites is 1. The SMILES string of the molecule is COc1cccc2c(C(=O)N[C@@H](Cc3ccccc3)c3nc(C)no3)c(C)n(CCN3CCOCC3)c12. The van der Waals surface area contributed by atoms with Crippen LogP contribution in [0.3, 0.4) is 0 Å². The van der Waals surface area contributed by atoms with Crippen LogP contribution in [0.25, 0.3) is 10.9 Å². The number of nitrogens with one attached hydrogen (secondary N) is 1. The maximum Gasteiger partial charge on any atom is 0.254 e. The fraction of sp³-hybridized carbons (Fsp3) is 0.393. The molecule has 0 aliphatic carbocycles. The van der Waals surface area contributed by atoms with Crippen LogP contribution in [0, 0.1) is 13.8 Å². The summed E-state index contributed by atoms with van der Waals surface area (Å²) < 4.78 is 18.9. The Balaban J connectivity index is 1.48. The Kier molecular flexibility index (Phi) is 7.52. The number of carbonyl (C=O) groups excluding carboxylic acids is 1. The number of morpholine rings is 1. The van der Waals surface area contributed by atoms with E-state index < -0.39 is 6.04 Å². The number of benzene rings is 2. The third-order valence-electron chi connectivity index (χ3n) is 6.92. The van der Waals surface area contributed by atoms with Gasteiger partial charge >= 0.3 is 0 Å². The fourth-order valence-corrected chi connectivity index (χ4v) is 5.03. The summed E-state index contributed by atoms with van der Waals surface area (Å²) in [4.78, 5) is 20.7. The molecule has 0 spiro atoms. The van der Waals surface area contributed by atoms with Gasteiger partial charge in [-0.15, -0.1) is 0 Å². The van der Waals surface area contributed by atoms with Gasteiger partial charge in [-0.25, -0.2) is 0 Å². The van der Waals surface area contributed by atoms with Crippen molar-refractivity contribution < 1.29 is 18.8 Å². The van der Waals surface area contributed by atoms with E-state index in [0.717, 1.165) is 67.3 Å². The van der Waals surface area contributed by atoms with Crippen LogP contribution in [-0.4, -0.2) is 65.5 Å². The second kappa shape index (κ2) is 11.1. The molecule has 2 aromatic carbocycles. The highest BCUT2D eigenvalue weighted by Gasteiger charge is 2.27. The molecule has 194 valence electrons. The van der Waals surface area contributed by atoms with Crippen molar-refractivity contribution in [2.45, 2.75) is 32.9 Å². The molecule has 1 saturated heterocycles. The van der Waals surface area contributed by atoms with Crippen molar-refractivity contribution >= 4 is 16.8 Å². The van der Waals surface area contributed by atoms with Crippen LogP contribution < -0.4 is 10.1 Å². The summed E-state index contributed by atoms with van der Waals surface area (Å²) >= 11 is 0. The molecule has 0 bridgehead atoms. The van der Waals surface area contributed by atoms with Crippen LogP contribution in [0.1, 0.15) is 39.4 Å². The van der Waals surface area contributed by atoms with Gasteiger partial charge in [0, 0.05) is 43.7 Å². The van der Waals surface area contributed by atoms with Gasteiger partial charge in [0.25, 0.3) is 5.91 Å². The predicted octanol–water partition coefficient (Wildman–Crippen LogP) is 3.70. The third kappa shape index (κ3) is 5.38. The van der Waals surface area contributed by atoms with Crippen LogP contribution in [0.15, 0.2) is 53.1 Å². The van der Waals surface area contributed by atoms with Gasteiger partial charge in [-0.05, 0) is 25.5 Å². The average molecular weight is 504 g/mol. The van der Waals surface area contributed by atoms with Crippen LogP contribution in [0.4, 0.5) is 0 Å². The van der Waals surface area contributed by atoms with Crippen LogP contribution in [0.2, 0.25) is 0 Å². The minimum Gasteiger partial charge on any atom is -0.495 e. The maximum absolute atomic E-state index is 13.9. The number of aryl methyl sites for hydroxylation is 1. The molecule has 0 saturated carbocycles. The summed E-state index contributed by atoms with van der Waals surface area (Å²) in [5, 5.41) is 7.99. The number of carbonyl (C=O) groups is 1. The number of methoxy groups -OCH3 is 1. The molecule has 1 atom stereocenters. The number of hydrogen-bond acceptors (Lipinski definition) is 7. The van der Waals surface area contributed by atoms with Crippen molar-refractivity contribution in [3.63, 3.8) is 0 Å². The van der Waals surface area contributed by atoms with Crippen LogP contribution in [0.5, 0.6) is 5.75 Å². The summed E-state index contributed by atoms with van der Waals surface area (Å²) in [6.45, 7) is 8.70. The lowest BCUT2D eigenvalue weighted by atomic mass is 10.0. The molecule has 4 aromatic rings. The van der Waals surface area contributed by atoms with Crippen LogP contribution in [-0.2, 0) is 17.7 Å². The zero-order valence-corrected chi connectivity index (χ0v) is 21.6. The lowest BCUT2D eigenvalue weighted by molar-refractivity contribution is 0.0365. The van der Waals surface area contributed by atoms with Gasteiger partial charge in [-0.2, -0.15) is 4.98 Å². The normalized spacial score (nSPS) is 15.1. The zero-order chi connectivity index (χ0) is 25.8. The summed E-state index contributed by atoms with van der Waals surface area (Å²) in [6, 6.07) is 15.3. The number of nitrogens with zero attached hydrogens (tertiary/aromatic N) is 4. The van der Waals surface area contributed by atoms with Gasteiger partial charge in [0.15, 0.2) is 5.82 Å². The van der Waals surface area contributed by atoms with Crippen molar-refractivity contribution in [1.82, 2.24) is 24.9 Å². The average Bonchev–Trinajstić information content (AvgIpc) is 3.48. The first-order chi connectivity index (χ1) is 18.0. The number of ether oxygens (including phenoxy) is 2. The number of hydrogen-bond donors (Lipinski definition) is 1. The first-order valence-corrected chi connectivity index (χ1v) is 12.7. The van der Waals surface area contributed by atoms with E-state index >= 15 is 0 Å². The molecule has 1 aliphatic rings. The molecule has 1 N–H and O–H groups in total. The van der Waals surface area contributed by atoms with Crippen molar-refractivity contribution in [3.05, 3.63) is 77.1 Å². The maximum atomic E-state index is 13.9. The zero-order valence-electron chi connectivity index (χ0n) is 21.6. The number of amides is 1. The summed E-state index contributed by atoms with van der Waals surface area (Å²) in [6.07, 6.45) is 0.534. The van der Waals surface area contributed by atoms with Gasteiger partial charge in [0.1, 0.15) is 11.8 Å². The van der Waals surface area contributed by atoms with E-state index in [1.54, 1.807) is 14.0 Å². The molecular formula is C28H33N5O4. The predicted molar refractivity (Wildman–Crippen MR) is 140 cm³/mol. The highest BCUT2D eigenvalue weighted by Crippen LogP contribution is 2.33. The topological polar surface area (TPSA) is 94.7 Å². The number of rotatable bonds is 9. The van der Waals surface area contributed by atoms with Gasteiger partial charge in [0.05, 0.1) is 31.4 Å². The molecule has 5 rings (SSSR count). The quantitative estimate of drug-likeness (QED) is 0.372. The Morgan fingerprint density at radius 3 is 2.57 bits per heavy atom. The second-order valence-electron chi connectivity index (χ2n) is 9.32. The molecule has 3 heterocycles. The van der Waals surface area contributed by atoms with Crippen molar-refractivity contribution in [2.24, 2.45) is 0 Å².